The van der Waals surface area contributed by atoms with E-state index < -0.39 is 0 Å². The predicted molar refractivity (Wildman–Crippen MR) is 89.3 cm³/mol. The van der Waals surface area contributed by atoms with Crippen molar-refractivity contribution >= 4 is 23.0 Å². The summed E-state index contributed by atoms with van der Waals surface area (Å²) in [5.41, 5.74) is 3.77. The van der Waals surface area contributed by atoms with Crippen molar-refractivity contribution in [2.45, 2.75) is 26.8 Å². The summed E-state index contributed by atoms with van der Waals surface area (Å²) in [4.78, 5) is 12.5. The maximum Gasteiger partial charge on any atom is 0.198 e. The van der Waals surface area contributed by atoms with Crippen molar-refractivity contribution < 1.29 is 0 Å². The molecule has 0 saturated heterocycles. The highest BCUT2D eigenvalue weighted by Gasteiger charge is 2.22. The molecule has 0 amide bonds. The Morgan fingerprint density at radius 1 is 1.38 bits per heavy atom. The van der Waals surface area contributed by atoms with Crippen LogP contribution in [0.2, 0.25) is 0 Å². The van der Waals surface area contributed by atoms with Crippen LogP contribution in [0.3, 0.4) is 0 Å². The lowest BCUT2D eigenvalue weighted by Gasteiger charge is -2.21. The van der Waals surface area contributed by atoms with Crippen LogP contribution in [0.5, 0.6) is 0 Å². The van der Waals surface area contributed by atoms with E-state index in [1.165, 1.54) is 16.1 Å². The molecule has 0 saturated carbocycles. The minimum absolute atomic E-state index is 0.727. The van der Waals surface area contributed by atoms with E-state index in [0.717, 1.165) is 36.2 Å². The Bertz CT molecular complexity index is 655. The minimum Gasteiger partial charge on any atom is -0.349 e. The molecule has 4 nitrogen and oxygen atoms in total. The van der Waals surface area contributed by atoms with Gasteiger partial charge in [-0.05, 0) is 31.9 Å². The van der Waals surface area contributed by atoms with Crippen molar-refractivity contribution in [3.05, 3.63) is 45.4 Å². The van der Waals surface area contributed by atoms with Gasteiger partial charge in [0.2, 0.25) is 0 Å². The number of benzene rings is 1. The van der Waals surface area contributed by atoms with Crippen LogP contribution in [0.25, 0.3) is 0 Å². The van der Waals surface area contributed by atoms with E-state index >= 15 is 0 Å². The van der Waals surface area contributed by atoms with Gasteiger partial charge in [0.1, 0.15) is 5.01 Å². The lowest BCUT2D eigenvalue weighted by atomic mass is 10.2. The number of thiazole rings is 1. The van der Waals surface area contributed by atoms with Gasteiger partial charge in [-0.1, -0.05) is 18.2 Å². The van der Waals surface area contributed by atoms with Gasteiger partial charge in [0.15, 0.2) is 5.96 Å². The fraction of sp³-hybridized carbons (Fsp3) is 0.375. The van der Waals surface area contributed by atoms with Gasteiger partial charge in [-0.3, -0.25) is 4.99 Å². The van der Waals surface area contributed by atoms with Crippen molar-refractivity contribution in [3.63, 3.8) is 0 Å². The SMILES string of the molecule is CN=C(NCc1nc(C)c(C)s1)N1CCc2ccccc21. The molecule has 110 valence electrons. The summed E-state index contributed by atoms with van der Waals surface area (Å²) in [6.45, 7) is 5.88. The Morgan fingerprint density at radius 2 is 2.19 bits per heavy atom. The summed E-state index contributed by atoms with van der Waals surface area (Å²) in [6, 6.07) is 8.53. The van der Waals surface area contributed by atoms with Gasteiger partial charge < -0.3 is 10.2 Å². The first-order chi connectivity index (χ1) is 10.2. The second-order valence-corrected chi connectivity index (χ2v) is 6.47. The van der Waals surface area contributed by atoms with Crippen LogP contribution in [-0.4, -0.2) is 24.5 Å². The fourth-order valence-corrected chi connectivity index (χ4v) is 3.50. The van der Waals surface area contributed by atoms with E-state index in [1.54, 1.807) is 11.3 Å². The molecule has 0 fully saturated rings. The van der Waals surface area contributed by atoms with Gasteiger partial charge in [-0.15, -0.1) is 11.3 Å². The lowest BCUT2D eigenvalue weighted by Crippen LogP contribution is -2.40. The predicted octanol–water partition coefficient (Wildman–Crippen LogP) is 2.90. The number of aryl methyl sites for hydroxylation is 2. The minimum atomic E-state index is 0.727. The van der Waals surface area contributed by atoms with E-state index in [9.17, 15) is 0 Å². The summed E-state index contributed by atoms with van der Waals surface area (Å²) >= 11 is 1.75. The Kier molecular flexibility index (Phi) is 3.92. The second-order valence-electron chi connectivity index (χ2n) is 5.18. The molecule has 1 aromatic heterocycles. The first-order valence-electron chi connectivity index (χ1n) is 7.18. The molecule has 1 aliphatic heterocycles. The van der Waals surface area contributed by atoms with Crippen molar-refractivity contribution in [3.8, 4) is 0 Å². The summed E-state index contributed by atoms with van der Waals surface area (Å²) in [5, 5.41) is 4.54. The first-order valence-corrected chi connectivity index (χ1v) is 7.99. The highest BCUT2D eigenvalue weighted by Crippen LogP contribution is 2.27. The molecule has 2 heterocycles. The number of anilines is 1. The van der Waals surface area contributed by atoms with Crippen molar-refractivity contribution in [1.29, 1.82) is 0 Å². The zero-order chi connectivity index (χ0) is 14.8. The summed E-state index contributed by atoms with van der Waals surface area (Å²) in [5.74, 6) is 0.922. The van der Waals surface area contributed by atoms with Gasteiger partial charge in [0.05, 0.1) is 12.2 Å². The highest BCUT2D eigenvalue weighted by molar-refractivity contribution is 7.11. The average Bonchev–Trinajstić information content (AvgIpc) is 3.05. The fourth-order valence-electron chi connectivity index (χ4n) is 2.62. The number of hydrogen-bond acceptors (Lipinski definition) is 3. The molecular formula is C16H20N4S. The number of nitrogens with one attached hydrogen (secondary N) is 1. The molecule has 0 radical (unpaired) electrons. The molecule has 1 N–H and O–H groups in total. The molecular weight excluding hydrogens is 280 g/mol. The molecule has 0 unspecified atom stereocenters. The number of aromatic nitrogens is 1. The third kappa shape index (κ3) is 2.78. The number of rotatable bonds is 2. The summed E-state index contributed by atoms with van der Waals surface area (Å²) < 4.78 is 0. The number of nitrogens with zero attached hydrogens (tertiary/aromatic N) is 3. The standard InChI is InChI=1S/C16H20N4S/c1-11-12(2)21-15(19-11)10-18-16(17-3)20-9-8-13-6-4-5-7-14(13)20/h4-7H,8-10H2,1-3H3,(H,17,18). The number of guanidine groups is 1. The molecule has 5 heteroatoms. The van der Waals surface area contributed by atoms with Crippen LogP contribution < -0.4 is 10.2 Å². The van der Waals surface area contributed by atoms with E-state index in [0.29, 0.717) is 0 Å². The number of fused-ring (bicyclic) bond motifs is 1. The maximum absolute atomic E-state index is 4.57. The largest absolute Gasteiger partial charge is 0.349 e. The van der Waals surface area contributed by atoms with E-state index in [2.05, 4.69) is 58.3 Å². The molecule has 0 atom stereocenters. The quantitative estimate of drug-likeness (QED) is 0.685. The zero-order valence-corrected chi connectivity index (χ0v) is 13.5. The van der Waals surface area contributed by atoms with Gasteiger partial charge in [0, 0.05) is 24.2 Å². The second kappa shape index (κ2) is 5.85. The van der Waals surface area contributed by atoms with Crippen LogP contribution >= 0.6 is 11.3 Å². The number of aliphatic imine (C=N–C) groups is 1. The smallest absolute Gasteiger partial charge is 0.198 e. The van der Waals surface area contributed by atoms with Crippen LogP contribution in [0, 0.1) is 13.8 Å². The molecule has 1 aromatic carbocycles. The third-order valence-electron chi connectivity index (χ3n) is 3.83. The van der Waals surface area contributed by atoms with E-state index in [4.69, 9.17) is 0 Å². The van der Waals surface area contributed by atoms with Crippen molar-refractivity contribution in [2.24, 2.45) is 4.99 Å². The molecule has 3 rings (SSSR count). The molecule has 2 aromatic rings. The monoisotopic (exact) mass is 300 g/mol. The van der Waals surface area contributed by atoms with Crippen molar-refractivity contribution in [1.82, 2.24) is 10.3 Å². The van der Waals surface area contributed by atoms with Crippen LogP contribution in [-0.2, 0) is 13.0 Å². The van der Waals surface area contributed by atoms with Gasteiger partial charge >= 0.3 is 0 Å². The Labute approximate surface area is 129 Å². The number of hydrogen-bond donors (Lipinski definition) is 1. The number of para-hydroxylation sites is 1. The summed E-state index contributed by atoms with van der Waals surface area (Å²) in [6.07, 6.45) is 1.08. The molecule has 0 spiro atoms. The first kappa shape index (κ1) is 14.1. The normalized spacial score (nSPS) is 14.4. The van der Waals surface area contributed by atoms with E-state index in [-0.39, 0.29) is 0 Å². The van der Waals surface area contributed by atoms with Gasteiger partial charge in [-0.25, -0.2) is 4.98 Å². The summed E-state index contributed by atoms with van der Waals surface area (Å²) in [7, 11) is 1.83. The molecule has 0 bridgehead atoms. The highest BCUT2D eigenvalue weighted by atomic mass is 32.1. The van der Waals surface area contributed by atoms with Crippen molar-refractivity contribution in [2.75, 3.05) is 18.5 Å². The zero-order valence-electron chi connectivity index (χ0n) is 12.7. The maximum atomic E-state index is 4.57. The van der Waals surface area contributed by atoms with Gasteiger partial charge in [-0.2, -0.15) is 0 Å². The van der Waals surface area contributed by atoms with Crippen LogP contribution in [0.4, 0.5) is 5.69 Å². The van der Waals surface area contributed by atoms with Crippen LogP contribution in [0.1, 0.15) is 21.1 Å². The van der Waals surface area contributed by atoms with Gasteiger partial charge in [0.25, 0.3) is 0 Å². The molecule has 0 aliphatic carbocycles. The molecule has 21 heavy (non-hydrogen) atoms. The lowest BCUT2D eigenvalue weighted by molar-refractivity contribution is 0.855. The Morgan fingerprint density at radius 3 is 2.90 bits per heavy atom. The Balaban J connectivity index is 1.72. The average molecular weight is 300 g/mol. The molecule has 1 aliphatic rings. The Hall–Kier alpha value is -1.88. The topological polar surface area (TPSA) is 40.5 Å². The van der Waals surface area contributed by atoms with Crippen LogP contribution in [0.15, 0.2) is 29.3 Å². The van der Waals surface area contributed by atoms with E-state index in [1.807, 2.05) is 7.05 Å². The third-order valence-corrected chi connectivity index (χ3v) is 4.90.